The van der Waals surface area contributed by atoms with Crippen LogP contribution in [0.15, 0.2) is 23.2 Å². The summed E-state index contributed by atoms with van der Waals surface area (Å²) < 4.78 is 13.7. The van der Waals surface area contributed by atoms with Gasteiger partial charge in [-0.15, -0.1) is 24.0 Å². The van der Waals surface area contributed by atoms with Gasteiger partial charge in [-0.1, -0.05) is 25.0 Å². The van der Waals surface area contributed by atoms with Gasteiger partial charge in [0.2, 0.25) is 5.91 Å². The molecule has 8 heteroatoms. The standard InChI is InChI=1S/C22H34FN5O.HI/c1-17-7-8-18(15-20(17)23)16-26-22(24-2)25-9-10-27-11-13-28(14-12-27)21(29)19-5-3-4-6-19;/h7-8,15,19H,3-6,9-14,16H2,1-2H3,(H2,24,25,26);1H. The summed E-state index contributed by atoms with van der Waals surface area (Å²) in [5.41, 5.74) is 1.54. The number of aliphatic imine (C=N–C) groups is 1. The van der Waals surface area contributed by atoms with Crippen molar-refractivity contribution in [1.29, 1.82) is 0 Å². The molecule has 1 saturated heterocycles. The molecule has 0 bridgehead atoms. The van der Waals surface area contributed by atoms with Gasteiger partial charge in [0.1, 0.15) is 5.82 Å². The van der Waals surface area contributed by atoms with Crippen LogP contribution in [-0.4, -0.2) is 68.0 Å². The lowest BCUT2D eigenvalue weighted by molar-refractivity contribution is -0.137. The van der Waals surface area contributed by atoms with Crippen molar-refractivity contribution in [1.82, 2.24) is 20.4 Å². The van der Waals surface area contributed by atoms with Crippen molar-refractivity contribution in [2.45, 2.75) is 39.2 Å². The van der Waals surface area contributed by atoms with E-state index >= 15 is 0 Å². The van der Waals surface area contributed by atoms with E-state index in [1.165, 1.54) is 12.8 Å². The van der Waals surface area contributed by atoms with Crippen LogP contribution < -0.4 is 10.6 Å². The molecule has 0 atom stereocenters. The van der Waals surface area contributed by atoms with Gasteiger partial charge < -0.3 is 15.5 Å². The Bertz CT molecular complexity index is 715. The summed E-state index contributed by atoms with van der Waals surface area (Å²) in [5.74, 6) is 1.18. The maximum absolute atomic E-state index is 13.7. The van der Waals surface area contributed by atoms with Crippen LogP contribution in [0.2, 0.25) is 0 Å². The highest BCUT2D eigenvalue weighted by molar-refractivity contribution is 14.0. The fourth-order valence-electron chi connectivity index (χ4n) is 4.11. The maximum atomic E-state index is 13.7. The first-order valence-electron chi connectivity index (χ1n) is 10.8. The Kier molecular flexibility index (Phi) is 10.3. The Morgan fingerprint density at radius 3 is 2.50 bits per heavy atom. The second-order valence-corrected chi connectivity index (χ2v) is 8.08. The summed E-state index contributed by atoms with van der Waals surface area (Å²) in [5, 5.41) is 6.54. The molecule has 1 saturated carbocycles. The molecule has 1 aliphatic heterocycles. The number of amides is 1. The van der Waals surface area contributed by atoms with E-state index in [9.17, 15) is 9.18 Å². The zero-order valence-corrected chi connectivity index (χ0v) is 20.5. The van der Waals surface area contributed by atoms with E-state index in [-0.39, 0.29) is 35.7 Å². The van der Waals surface area contributed by atoms with Crippen molar-refractivity contribution in [3.63, 3.8) is 0 Å². The first-order valence-corrected chi connectivity index (χ1v) is 10.8. The van der Waals surface area contributed by atoms with Crippen molar-refractivity contribution >= 4 is 35.8 Å². The first kappa shape index (κ1) is 24.8. The third-order valence-corrected chi connectivity index (χ3v) is 6.03. The number of halogens is 2. The van der Waals surface area contributed by atoms with Gasteiger partial charge in [-0.05, 0) is 37.0 Å². The van der Waals surface area contributed by atoms with Crippen molar-refractivity contribution in [3.8, 4) is 0 Å². The largest absolute Gasteiger partial charge is 0.355 e. The molecule has 1 amide bonds. The van der Waals surface area contributed by atoms with Gasteiger partial charge in [0, 0.05) is 58.8 Å². The molecule has 2 N–H and O–H groups in total. The van der Waals surface area contributed by atoms with Crippen LogP contribution in [-0.2, 0) is 11.3 Å². The fourth-order valence-corrected chi connectivity index (χ4v) is 4.11. The number of rotatable bonds is 6. The lowest BCUT2D eigenvalue weighted by Gasteiger charge is -2.36. The SMILES string of the molecule is CN=C(NCCN1CCN(C(=O)C2CCCC2)CC1)NCc1ccc(C)c(F)c1.I. The van der Waals surface area contributed by atoms with Crippen LogP contribution in [0.4, 0.5) is 4.39 Å². The zero-order chi connectivity index (χ0) is 20.6. The van der Waals surface area contributed by atoms with E-state index in [2.05, 4.69) is 25.4 Å². The minimum atomic E-state index is -0.183. The smallest absolute Gasteiger partial charge is 0.225 e. The predicted molar refractivity (Wildman–Crippen MR) is 130 cm³/mol. The molecule has 0 spiro atoms. The third kappa shape index (κ3) is 7.08. The summed E-state index contributed by atoms with van der Waals surface area (Å²) >= 11 is 0. The molecular formula is C22H35FIN5O. The molecule has 1 aliphatic carbocycles. The number of nitrogens with zero attached hydrogens (tertiary/aromatic N) is 3. The number of aryl methyl sites for hydroxylation is 1. The van der Waals surface area contributed by atoms with E-state index in [0.717, 1.165) is 57.7 Å². The van der Waals surface area contributed by atoms with Gasteiger partial charge in [-0.2, -0.15) is 0 Å². The van der Waals surface area contributed by atoms with Gasteiger partial charge in [0.05, 0.1) is 0 Å². The van der Waals surface area contributed by atoms with Crippen LogP contribution in [0.1, 0.15) is 36.8 Å². The van der Waals surface area contributed by atoms with Gasteiger partial charge >= 0.3 is 0 Å². The highest BCUT2D eigenvalue weighted by Crippen LogP contribution is 2.26. The number of carbonyl (C=O) groups is 1. The number of carbonyl (C=O) groups excluding carboxylic acids is 1. The summed E-state index contributed by atoms with van der Waals surface area (Å²) in [4.78, 5) is 21.2. The highest BCUT2D eigenvalue weighted by atomic mass is 127. The maximum Gasteiger partial charge on any atom is 0.225 e. The molecule has 0 aromatic heterocycles. The zero-order valence-electron chi connectivity index (χ0n) is 18.1. The molecule has 168 valence electrons. The monoisotopic (exact) mass is 531 g/mol. The Labute approximate surface area is 196 Å². The second-order valence-electron chi connectivity index (χ2n) is 8.08. The Hall–Kier alpha value is -1.42. The fraction of sp³-hybridized carbons (Fsp3) is 0.636. The van der Waals surface area contributed by atoms with E-state index in [1.54, 1.807) is 26.1 Å². The van der Waals surface area contributed by atoms with Gasteiger partial charge in [0.15, 0.2) is 5.96 Å². The normalized spacial score (nSPS) is 18.2. The predicted octanol–water partition coefficient (Wildman–Crippen LogP) is 2.75. The minimum Gasteiger partial charge on any atom is -0.355 e. The van der Waals surface area contributed by atoms with E-state index < -0.39 is 0 Å². The summed E-state index contributed by atoms with van der Waals surface area (Å²) in [6.07, 6.45) is 4.56. The summed E-state index contributed by atoms with van der Waals surface area (Å²) in [7, 11) is 1.73. The molecule has 3 rings (SSSR count). The third-order valence-electron chi connectivity index (χ3n) is 6.03. The van der Waals surface area contributed by atoms with Crippen LogP contribution >= 0.6 is 24.0 Å². The number of piperazine rings is 1. The number of nitrogens with one attached hydrogen (secondary N) is 2. The van der Waals surface area contributed by atoms with Gasteiger partial charge in [-0.25, -0.2) is 4.39 Å². The number of guanidine groups is 1. The number of benzene rings is 1. The Morgan fingerprint density at radius 2 is 1.87 bits per heavy atom. The van der Waals surface area contributed by atoms with E-state index in [4.69, 9.17) is 0 Å². The molecule has 30 heavy (non-hydrogen) atoms. The van der Waals surface area contributed by atoms with Crippen LogP contribution in [0.3, 0.4) is 0 Å². The lowest BCUT2D eigenvalue weighted by Crippen LogP contribution is -2.51. The number of hydrogen-bond acceptors (Lipinski definition) is 3. The summed E-state index contributed by atoms with van der Waals surface area (Å²) in [6.45, 7) is 7.49. The first-order chi connectivity index (χ1) is 14.1. The lowest BCUT2D eigenvalue weighted by atomic mass is 10.1. The number of hydrogen-bond donors (Lipinski definition) is 2. The van der Waals surface area contributed by atoms with Gasteiger partial charge in [0.25, 0.3) is 0 Å². The average Bonchev–Trinajstić information content (AvgIpc) is 3.28. The minimum absolute atomic E-state index is 0. The van der Waals surface area contributed by atoms with Crippen LogP contribution in [0.25, 0.3) is 0 Å². The molecule has 0 radical (unpaired) electrons. The molecule has 1 heterocycles. The van der Waals surface area contributed by atoms with Crippen LogP contribution in [0.5, 0.6) is 0 Å². The van der Waals surface area contributed by atoms with Crippen molar-refractivity contribution < 1.29 is 9.18 Å². The van der Waals surface area contributed by atoms with Crippen molar-refractivity contribution in [2.24, 2.45) is 10.9 Å². The van der Waals surface area contributed by atoms with E-state index in [1.807, 2.05) is 6.07 Å². The molecule has 2 aliphatic rings. The Balaban J connectivity index is 0.00000320. The van der Waals surface area contributed by atoms with E-state index in [0.29, 0.717) is 24.0 Å². The molecule has 6 nitrogen and oxygen atoms in total. The topological polar surface area (TPSA) is 60.0 Å². The van der Waals surface area contributed by atoms with Crippen molar-refractivity contribution in [2.75, 3.05) is 46.3 Å². The average molecular weight is 531 g/mol. The molecular weight excluding hydrogens is 496 g/mol. The summed E-state index contributed by atoms with van der Waals surface area (Å²) in [6, 6.07) is 5.27. The second kappa shape index (κ2) is 12.4. The Morgan fingerprint density at radius 1 is 1.17 bits per heavy atom. The molecule has 0 unspecified atom stereocenters. The van der Waals surface area contributed by atoms with Crippen molar-refractivity contribution in [3.05, 3.63) is 35.1 Å². The quantitative estimate of drug-likeness (QED) is 0.337. The molecule has 2 fully saturated rings. The molecule has 1 aromatic carbocycles. The highest BCUT2D eigenvalue weighted by Gasteiger charge is 2.29. The van der Waals surface area contributed by atoms with Gasteiger partial charge in [-0.3, -0.25) is 14.7 Å². The molecule has 1 aromatic rings. The van der Waals surface area contributed by atoms with Crippen LogP contribution in [0, 0.1) is 18.7 Å².